The van der Waals surface area contributed by atoms with Gasteiger partial charge in [-0.2, -0.15) is 10.4 Å². The normalized spacial score (nSPS) is 9.88. The van der Waals surface area contributed by atoms with Gasteiger partial charge < -0.3 is 15.5 Å². The molecule has 0 saturated heterocycles. The Bertz CT molecular complexity index is 861. The molecule has 0 unspecified atom stereocenters. The number of aromatic amines is 1. The number of amides is 2. The van der Waals surface area contributed by atoms with Crippen molar-refractivity contribution in [2.24, 2.45) is 0 Å². The quantitative estimate of drug-likeness (QED) is 0.633. The second kappa shape index (κ2) is 9.03. The van der Waals surface area contributed by atoms with Crippen molar-refractivity contribution in [1.82, 2.24) is 10.2 Å². The van der Waals surface area contributed by atoms with Gasteiger partial charge in [-0.1, -0.05) is 11.6 Å². The van der Waals surface area contributed by atoms with E-state index in [1.165, 1.54) is 24.3 Å². The Morgan fingerprint density at radius 2 is 1.96 bits per heavy atom. The molecule has 122 valence electrons. The molecule has 2 rings (SSSR count). The molecule has 0 fully saturated rings. The number of aromatic nitrogens is 2. The van der Waals surface area contributed by atoms with Crippen LogP contribution in [0.4, 0.5) is 10.6 Å². The van der Waals surface area contributed by atoms with E-state index in [9.17, 15) is 13.2 Å². The molecule has 0 aliphatic carbocycles. The standard InChI is InChI=1S/C12H10ClN5O3S.Na.H2O/c1-7-10(6-14)11(17-16-7)15-12(19)18-22(20,21)9-4-2-8(13)3-5-9;;/h2-5H,1H3,(H3,15,16,17,18,19);;1H2/q;+1;/p-1. The summed E-state index contributed by atoms with van der Waals surface area (Å²) in [6, 6.07) is 5.88. The van der Waals surface area contributed by atoms with Crippen LogP contribution < -0.4 is 34.9 Å². The van der Waals surface area contributed by atoms with Crippen LogP contribution in [0.15, 0.2) is 29.2 Å². The third-order valence-corrected chi connectivity index (χ3v) is 4.12. The van der Waals surface area contributed by atoms with Crippen molar-refractivity contribution in [2.45, 2.75) is 11.8 Å². The van der Waals surface area contributed by atoms with Gasteiger partial charge in [0.1, 0.15) is 6.07 Å². The molecule has 24 heavy (non-hydrogen) atoms. The monoisotopic (exact) mass is 379 g/mol. The summed E-state index contributed by atoms with van der Waals surface area (Å²) in [4.78, 5) is 11.5. The Balaban J connectivity index is 0.00000264. The Kier molecular flexibility index (Phi) is 8.42. The largest absolute Gasteiger partial charge is 1.00 e. The van der Waals surface area contributed by atoms with Crippen LogP contribution in [0.5, 0.6) is 0 Å². The van der Waals surface area contributed by atoms with Gasteiger partial charge in [0.05, 0.1) is 22.0 Å². The predicted octanol–water partition coefficient (Wildman–Crippen LogP) is -1.28. The molecule has 1 aromatic carbocycles. The Hall–Kier alpha value is -1.61. The molecule has 1 heterocycles. The zero-order valence-electron chi connectivity index (χ0n) is 12.7. The fraction of sp³-hybridized carbons (Fsp3) is 0.0833. The average Bonchev–Trinajstić information content (AvgIpc) is 2.78. The predicted molar refractivity (Wildman–Crippen MR) is 82.7 cm³/mol. The molecular formula is C12H11ClN5NaO4S. The summed E-state index contributed by atoms with van der Waals surface area (Å²) in [5.41, 5.74) is 0.547. The van der Waals surface area contributed by atoms with E-state index in [2.05, 4.69) is 20.2 Å². The van der Waals surface area contributed by atoms with E-state index in [1.807, 2.05) is 6.07 Å². The number of benzene rings is 1. The minimum absolute atomic E-state index is 0. The van der Waals surface area contributed by atoms with E-state index < -0.39 is 16.1 Å². The number of nitrogens with zero attached hydrogens (tertiary/aromatic N) is 3. The summed E-state index contributed by atoms with van der Waals surface area (Å²) in [7, 11) is -4.18. The minimum Gasteiger partial charge on any atom is -0.412 e. The van der Waals surface area contributed by atoms with Crippen LogP contribution >= 0.6 is 11.6 Å². The molecule has 0 bridgehead atoms. The number of H-pyrrole nitrogens is 1. The van der Waals surface area contributed by atoms with E-state index in [-0.39, 0.29) is 51.3 Å². The number of sulfonamides is 1. The second-order valence-electron chi connectivity index (χ2n) is 4.13. The number of hydrogen-bond acceptors (Lipinski definition) is 5. The zero-order chi connectivity index (χ0) is 16.3. The van der Waals surface area contributed by atoms with E-state index >= 15 is 0 Å². The van der Waals surface area contributed by atoms with Crippen LogP contribution in [0, 0.1) is 18.3 Å². The van der Waals surface area contributed by atoms with Gasteiger partial charge in [-0.15, -0.1) is 0 Å². The van der Waals surface area contributed by atoms with Crippen molar-refractivity contribution in [3.8, 4) is 6.07 Å². The number of aryl methyl sites for hydroxylation is 1. The Morgan fingerprint density at radius 3 is 2.50 bits per heavy atom. The first-order valence-electron chi connectivity index (χ1n) is 5.83. The SMILES string of the molecule is Cc1[nH]nc(NC(=O)[N-]S(=O)(=O)c2ccc(Cl)cc2)c1C#N.O.[Na+]. The summed E-state index contributed by atoms with van der Waals surface area (Å²) < 4.78 is 27.0. The van der Waals surface area contributed by atoms with Crippen molar-refractivity contribution in [2.75, 3.05) is 5.32 Å². The van der Waals surface area contributed by atoms with Crippen molar-refractivity contribution in [3.05, 3.63) is 45.3 Å². The van der Waals surface area contributed by atoms with Gasteiger partial charge in [-0.3, -0.25) is 9.89 Å². The fourth-order valence-electron chi connectivity index (χ4n) is 1.55. The second-order valence-corrected chi connectivity index (χ2v) is 6.17. The molecule has 0 saturated carbocycles. The zero-order valence-corrected chi connectivity index (χ0v) is 16.2. The summed E-state index contributed by atoms with van der Waals surface area (Å²) in [6.45, 7) is 1.59. The number of carbonyl (C=O) groups is 1. The molecule has 0 radical (unpaired) electrons. The molecule has 0 spiro atoms. The van der Waals surface area contributed by atoms with Crippen LogP contribution in [-0.2, 0) is 10.0 Å². The number of nitriles is 1. The molecule has 12 heteroatoms. The topological polar surface area (TPSA) is 161 Å². The van der Waals surface area contributed by atoms with Crippen LogP contribution in [0.1, 0.15) is 11.3 Å². The Labute approximate surface area is 165 Å². The first kappa shape index (κ1) is 22.4. The van der Waals surface area contributed by atoms with Crippen LogP contribution in [0.2, 0.25) is 5.02 Å². The van der Waals surface area contributed by atoms with Gasteiger partial charge in [0.15, 0.2) is 6.03 Å². The smallest absolute Gasteiger partial charge is 0.412 e. The number of halogens is 1. The maximum absolute atomic E-state index is 11.9. The maximum Gasteiger partial charge on any atom is 1.00 e. The maximum atomic E-state index is 11.9. The van der Waals surface area contributed by atoms with E-state index in [1.54, 1.807) is 6.92 Å². The molecular weight excluding hydrogens is 369 g/mol. The summed E-state index contributed by atoms with van der Waals surface area (Å²) in [5, 5.41) is 17.6. The van der Waals surface area contributed by atoms with Crippen molar-refractivity contribution in [1.29, 1.82) is 5.26 Å². The molecule has 1 aromatic heterocycles. The van der Waals surface area contributed by atoms with Crippen LogP contribution in [0.3, 0.4) is 0 Å². The number of hydrogen-bond donors (Lipinski definition) is 2. The summed E-state index contributed by atoms with van der Waals surface area (Å²) in [6.07, 6.45) is 0. The van der Waals surface area contributed by atoms with Crippen LogP contribution in [0.25, 0.3) is 4.72 Å². The molecule has 9 nitrogen and oxygen atoms in total. The average molecular weight is 380 g/mol. The molecule has 0 aliphatic heterocycles. The first-order chi connectivity index (χ1) is 10.3. The first-order valence-corrected chi connectivity index (χ1v) is 7.65. The van der Waals surface area contributed by atoms with Gasteiger partial charge in [0.2, 0.25) is 10.0 Å². The minimum atomic E-state index is -4.18. The van der Waals surface area contributed by atoms with E-state index in [0.717, 1.165) is 0 Å². The summed E-state index contributed by atoms with van der Waals surface area (Å²) in [5.74, 6) is -0.0833. The van der Waals surface area contributed by atoms with Gasteiger partial charge in [-0.25, -0.2) is 8.42 Å². The number of rotatable bonds is 3. The van der Waals surface area contributed by atoms with Crippen molar-refractivity contribution in [3.63, 3.8) is 0 Å². The third-order valence-electron chi connectivity index (χ3n) is 2.60. The molecule has 0 atom stereocenters. The number of urea groups is 1. The van der Waals surface area contributed by atoms with E-state index in [0.29, 0.717) is 10.7 Å². The van der Waals surface area contributed by atoms with Gasteiger partial charge in [0, 0.05) is 5.02 Å². The number of anilines is 1. The van der Waals surface area contributed by atoms with E-state index in [4.69, 9.17) is 16.9 Å². The van der Waals surface area contributed by atoms with Gasteiger partial charge in [0.25, 0.3) is 0 Å². The van der Waals surface area contributed by atoms with Gasteiger partial charge in [-0.05, 0) is 31.2 Å². The van der Waals surface area contributed by atoms with Crippen molar-refractivity contribution < 1.29 is 48.2 Å². The van der Waals surface area contributed by atoms with Gasteiger partial charge >= 0.3 is 29.6 Å². The van der Waals surface area contributed by atoms with Crippen molar-refractivity contribution >= 4 is 33.5 Å². The molecule has 4 N–H and O–H groups in total. The third kappa shape index (κ3) is 5.20. The molecule has 2 aromatic rings. The number of carbonyl (C=O) groups excluding carboxylic acids is 1. The number of nitrogens with one attached hydrogen (secondary N) is 2. The summed E-state index contributed by atoms with van der Waals surface area (Å²) >= 11 is 5.66. The Morgan fingerprint density at radius 1 is 1.38 bits per heavy atom. The molecule has 0 aliphatic rings. The fourth-order valence-corrected chi connectivity index (χ4v) is 2.52. The molecule has 2 amide bonds. The van der Waals surface area contributed by atoms with Crippen LogP contribution in [-0.4, -0.2) is 30.1 Å².